The van der Waals surface area contributed by atoms with Crippen LogP contribution in [0.25, 0.3) is 0 Å². The van der Waals surface area contributed by atoms with E-state index < -0.39 is 0 Å². The minimum absolute atomic E-state index is 0.0747. The van der Waals surface area contributed by atoms with Gasteiger partial charge in [0.25, 0.3) is 0 Å². The summed E-state index contributed by atoms with van der Waals surface area (Å²) in [6.07, 6.45) is 0.505. The van der Waals surface area contributed by atoms with Gasteiger partial charge in [-0.1, -0.05) is 32.0 Å². The predicted molar refractivity (Wildman–Crippen MR) is 86.6 cm³/mol. The van der Waals surface area contributed by atoms with E-state index >= 15 is 0 Å². The molecule has 0 fully saturated rings. The second kappa shape index (κ2) is 7.11. The van der Waals surface area contributed by atoms with Crippen LogP contribution in [0.15, 0.2) is 29.3 Å². The number of benzene rings is 1. The number of guanidine groups is 1. The number of anilines is 1. The van der Waals surface area contributed by atoms with Crippen molar-refractivity contribution in [2.24, 2.45) is 10.9 Å². The highest BCUT2D eigenvalue weighted by Crippen LogP contribution is 2.31. The Bertz CT molecular complexity index is 525. The summed E-state index contributed by atoms with van der Waals surface area (Å²) < 4.78 is 0. The van der Waals surface area contributed by atoms with Crippen LogP contribution >= 0.6 is 0 Å². The molecule has 0 saturated heterocycles. The molecule has 5 heteroatoms. The van der Waals surface area contributed by atoms with E-state index in [1.54, 1.807) is 7.05 Å². The van der Waals surface area contributed by atoms with Crippen molar-refractivity contribution < 1.29 is 4.79 Å². The first-order valence-electron chi connectivity index (χ1n) is 7.43. The molecule has 1 amide bonds. The summed E-state index contributed by atoms with van der Waals surface area (Å²) in [4.78, 5) is 16.0. The molecule has 0 spiro atoms. The van der Waals surface area contributed by atoms with Crippen molar-refractivity contribution in [2.45, 2.75) is 26.2 Å². The zero-order valence-electron chi connectivity index (χ0n) is 12.9. The SMILES string of the molecule is CN=C(NCC(C)C)NCC1CC(=O)Nc2ccccc21. The van der Waals surface area contributed by atoms with Crippen molar-refractivity contribution >= 4 is 17.6 Å². The highest BCUT2D eigenvalue weighted by atomic mass is 16.1. The largest absolute Gasteiger partial charge is 0.356 e. The van der Waals surface area contributed by atoms with Gasteiger partial charge in [0, 0.05) is 38.2 Å². The summed E-state index contributed by atoms with van der Waals surface area (Å²) in [6.45, 7) is 5.88. The molecule has 3 N–H and O–H groups in total. The van der Waals surface area contributed by atoms with Gasteiger partial charge in [-0.3, -0.25) is 9.79 Å². The van der Waals surface area contributed by atoms with Crippen LogP contribution in [0.5, 0.6) is 0 Å². The summed E-state index contributed by atoms with van der Waals surface area (Å²) in [7, 11) is 1.76. The molecule has 0 aliphatic carbocycles. The number of aliphatic imine (C=N–C) groups is 1. The standard InChI is InChI=1S/C16H24N4O/c1-11(2)9-18-16(17-3)19-10-12-8-15(21)20-14-7-5-4-6-13(12)14/h4-7,11-12H,8-10H2,1-3H3,(H,20,21)(H2,17,18,19). The lowest BCUT2D eigenvalue weighted by Gasteiger charge is -2.26. The molecule has 1 unspecified atom stereocenters. The van der Waals surface area contributed by atoms with Gasteiger partial charge in [0.15, 0.2) is 5.96 Å². The molecule has 2 rings (SSSR count). The number of hydrogen-bond donors (Lipinski definition) is 3. The first kappa shape index (κ1) is 15.4. The summed E-state index contributed by atoms with van der Waals surface area (Å²) >= 11 is 0. The van der Waals surface area contributed by atoms with E-state index in [-0.39, 0.29) is 11.8 Å². The highest BCUT2D eigenvalue weighted by Gasteiger charge is 2.24. The molecule has 5 nitrogen and oxygen atoms in total. The molecule has 0 aromatic heterocycles. The Morgan fingerprint density at radius 1 is 1.38 bits per heavy atom. The van der Waals surface area contributed by atoms with Gasteiger partial charge < -0.3 is 16.0 Å². The molecule has 0 radical (unpaired) electrons. The molecule has 114 valence electrons. The molecule has 1 atom stereocenters. The number of fused-ring (bicyclic) bond motifs is 1. The lowest BCUT2D eigenvalue weighted by Crippen LogP contribution is -2.41. The van der Waals surface area contributed by atoms with Crippen LogP contribution in [0, 0.1) is 5.92 Å². The third-order valence-corrected chi connectivity index (χ3v) is 3.52. The van der Waals surface area contributed by atoms with E-state index in [1.807, 2.05) is 18.2 Å². The first-order chi connectivity index (χ1) is 10.1. The predicted octanol–water partition coefficient (Wildman–Crippen LogP) is 1.93. The summed E-state index contributed by atoms with van der Waals surface area (Å²) in [5.41, 5.74) is 2.11. The lowest BCUT2D eigenvalue weighted by molar-refractivity contribution is -0.116. The summed E-state index contributed by atoms with van der Waals surface area (Å²) in [6, 6.07) is 7.98. The molecule has 0 bridgehead atoms. The van der Waals surface area contributed by atoms with E-state index in [4.69, 9.17) is 0 Å². The van der Waals surface area contributed by atoms with Crippen molar-refractivity contribution in [3.05, 3.63) is 29.8 Å². The van der Waals surface area contributed by atoms with Crippen LogP contribution in [-0.4, -0.2) is 32.0 Å². The molecule has 0 saturated carbocycles. The maximum atomic E-state index is 11.8. The molecule has 1 aliphatic rings. The Balaban J connectivity index is 1.98. The van der Waals surface area contributed by atoms with Gasteiger partial charge in [0.05, 0.1) is 0 Å². The van der Waals surface area contributed by atoms with Crippen molar-refractivity contribution in [1.82, 2.24) is 10.6 Å². The molecule has 1 heterocycles. The molecule has 1 aliphatic heterocycles. The van der Waals surface area contributed by atoms with Crippen molar-refractivity contribution in [3.63, 3.8) is 0 Å². The first-order valence-corrected chi connectivity index (χ1v) is 7.43. The average molecular weight is 288 g/mol. The molecule has 21 heavy (non-hydrogen) atoms. The van der Waals surface area contributed by atoms with Gasteiger partial charge >= 0.3 is 0 Å². The zero-order valence-corrected chi connectivity index (χ0v) is 12.9. The van der Waals surface area contributed by atoms with Crippen LogP contribution in [0.3, 0.4) is 0 Å². The fraction of sp³-hybridized carbons (Fsp3) is 0.500. The van der Waals surface area contributed by atoms with Gasteiger partial charge in [-0.2, -0.15) is 0 Å². The molecule has 1 aromatic carbocycles. The van der Waals surface area contributed by atoms with Gasteiger partial charge in [-0.25, -0.2) is 0 Å². The number of nitrogens with zero attached hydrogens (tertiary/aromatic N) is 1. The Morgan fingerprint density at radius 2 is 2.14 bits per heavy atom. The quantitative estimate of drug-likeness (QED) is 0.586. The van der Waals surface area contributed by atoms with Gasteiger partial charge in [0.2, 0.25) is 5.91 Å². The van der Waals surface area contributed by atoms with Crippen LogP contribution in [0.1, 0.15) is 31.7 Å². The fourth-order valence-corrected chi connectivity index (χ4v) is 2.43. The number of carbonyl (C=O) groups is 1. The zero-order chi connectivity index (χ0) is 15.2. The normalized spacial score (nSPS) is 18.2. The number of para-hydroxylation sites is 1. The van der Waals surface area contributed by atoms with E-state index in [0.717, 1.165) is 18.2 Å². The van der Waals surface area contributed by atoms with Gasteiger partial charge in [-0.15, -0.1) is 0 Å². The summed E-state index contributed by atoms with van der Waals surface area (Å²) in [5.74, 6) is 1.59. The van der Waals surface area contributed by atoms with E-state index in [2.05, 4.69) is 40.9 Å². The third-order valence-electron chi connectivity index (χ3n) is 3.52. The number of carbonyl (C=O) groups excluding carboxylic acids is 1. The van der Waals surface area contributed by atoms with Crippen molar-refractivity contribution in [2.75, 3.05) is 25.5 Å². The fourth-order valence-electron chi connectivity index (χ4n) is 2.43. The van der Waals surface area contributed by atoms with Gasteiger partial charge in [0.1, 0.15) is 0 Å². The Hall–Kier alpha value is -2.04. The third kappa shape index (κ3) is 4.21. The second-order valence-electron chi connectivity index (χ2n) is 5.76. The minimum atomic E-state index is 0.0747. The van der Waals surface area contributed by atoms with Crippen molar-refractivity contribution in [3.8, 4) is 0 Å². The maximum absolute atomic E-state index is 11.8. The molecular formula is C16H24N4O. The Morgan fingerprint density at radius 3 is 2.86 bits per heavy atom. The topological polar surface area (TPSA) is 65.5 Å². The Labute approximate surface area is 126 Å². The van der Waals surface area contributed by atoms with Crippen molar-refractivity contribution in [1.29, 1.82) is 0 Å². The maximum Gasteiger partial charge on any atom is 0.225 e. The van der Waals surface area contributed by atoms with E-state index in [0.29, 0.717) is 18.9 Å². The smallest absolute Gasteiger partial charge is 0.225 e. The number of nitrogens with one attached hydrogen (secondary N) is 3. The number of amides is 1. The van der Waals surface area contributed by atoms with Crippen LogP contribution in [-0.2, 0) is 4.79 Å². The summed E-state index contributed by atoms with van der Waals surface area (Å²) in [5, 5.41) is 9.52. The minimum Gasteiger partial charge on any atom is -0.356 e. The molecule has 1 aromatic rings. The van der Waals surface area contributed by atoms with Crippen LogP contribution < -0.4 is 16.0 Å². The van der Waals surface area contributed by atoms with E-state index in [9.17, 15) is 4.79 Å². The number of rotatable bonds is 4. The van der Waals surface area contributed by atoms with Crippen LogP contribution in [0.4, 0.5) is 5.69 Å². The molecular weight excluding hydrogens is 264 g/mol. The number of hydrogen-bond acceptors (Lipinski definition) is 2. The average Bonchev–Trinajstić information content (AvgIpc) is 2.46. The van der Waals surface area contributed by atoms with Gasteiger partial charge in [-0.05, 0) is 17.5 Å². The van der Waals surface area contributed by atoms with Crippen LogP contribution in [0.2, 0.25) is 0 Å². The Kier molecular flexibility index (Phi) is 5.20. The highest BCUT2D eigenvalue weighted by molar-refractivity contribution is 5.94. The monoisotopic (exact) mass is 288 g/mol. The van der Waals surface area contributed by atoms with E-state index in [1.165, 1.54) is 5.56 Å². The lowest BCUT2D eigenvalue weighted by atomic mass is 9.90. The second-order valence-corrected chi connectivity index (χ2v) is 5.76.